The van der Waals surface area contributed by atoms with Crippen molar-refractivity contribution >= 4 is 27.4 Å². The number of nitrogens with zero attached hydrogens (tertiary/aromatic N) is 1. The third-order valence-electron chi connectivity index (χ3n) is 3.31. The number of halogens is 1. The second kappa shape index (κ2) is 6.51. The molecule has 0 saturated heterocycles. The van der Waals surface area contributed by atoms with Crippen LogP contribution in [0.1, 0.15) is 28.6 Å². The summed E-state index contributed by atoms with van der Waals surface area (Å²) in [6.07, 6.45) is 0.172. The van der Waals surface area contributed by atoms with Gasteiger partial charge in [0.25, 0.3) is 0 Å². The SMILES string of the molecule is CC(O)CCN(C)Cc1c(C(=O)O)sc2cccc(F)c12. The molecule has 114 valence electrons. The van der Waals surface area contributed by atoms with Crippen LogP contribution < -0.4 is 0 Å². The first-order valence-corrected chi connectivity index (χ1v) is 7.51. The summed E-state index contributed by atoms with van der Waals surface area (Å²) in [6, 6.07) is 4.66. The molecule has 0 aliphatic rings. The topological polar surface area (TPSA) is 60.8 Å². The Morgan fingerprint density at radius 1 is 1.48 bits per heavy atom. The molecule has 0 aliphatic carbocycles. The summed E-state index contributed by atoms with van der Waals surface area (Å²) in [7, 11) is 1.83. The highest BCUT2D eigenvalue weighted by Crippen LogP contribution is 2.34. The number of thiophene rings is 1. The Balaban J connectivity index is 2.36. The van der Waals surface area contributed by atoms with Gasteiger partial charge in [-0.1, -0.05) is 6.07 Å². The molecule has 1 atom stereocenters. The number of fused-ring (bicyclic) bond motifs is 1. The summed E-state index contributed by atoms with van der Waals surface area (Å²) in [6.45, 7) is 2.66. The summed E-state index contributed by atoms with van der Waals surface area (Å²) in [5.74, 6) is -1.43. The van der Waals surface area contributed by atoms with Crippen LogP contribution in [0.5, 0.6) is 0 Å². The van der Waals surface area contributed by atoms with E-state index in [2.05, 4.69) is 0 Å². The van der Waals surface area contributed by atoms with Crippen molar-refractivity contribution in [2.45, 2.75) is 26.0 Å². The molecule has 0 radical (unpaired) electrons. The number of aromatic carboxylic acids is 1. The van der Waals surface area contributed by atoms with Crippen molar-refractivity contribution in [3.8, 4) is 0 Å². The fourth-order valence-corrected chi connectivity index (χ4v) is 3.31. The van der Waals surface area contributed by atoms with Crippen molar-refractivity contribution in [2.24, 2.45) is 0 Å². The van der Waals surface area contributed by atoms with E-state index in [9.17, 15) is 19.4 Å². The molecule has 0 saturated carbocycles. The van der Waals surface area contributed by atoms with E-state index in [4.69, 9.17) is 0 Å². The minimum Gasteiger partial charge on any atom is -0.477 e. The fraction of sp³-hybridized carbons (Fsp3) is 0.400. The molecule has 1 unspecified atom stereocenters. The molecule has 0 bridgehead atoms. The van der Waals surface area contributed by atoms with Gasteiger partial charge in [0.05, 0.1) is 6.10 Å². The molecular formula is C15H18FNO3S. The van der Waals surface area contributed by atoms with E-state index in [1.54, 1.807) is 19.1 Å². The fourth-order valence-electron chi connectivity index (χ4n) is 2.25. The Morgan fingerprint density at radius 2 is 2.19 bits per heavy atom. The summed E-state index contributed by atoms with van der Waals surface area (Å²) in [5.41, 5.74) is 0.508. The monoisotopic (exact) mass is 311 g/mol. The standard InChI is InChI=1S/C15H18FNO3S/c1-9(18)6-7-17(2)8-10-13-11(16)4-3-5-12(13)21-14(10)15(19)20/h3-5,9,18H,6-8H2,1-2H3,(H,19,20). The van der Waals surface area contributed by atoms with Crippen molar-refractivity contribution in [2.75, 3.05) is 13.6 Å². The van der Waals surface area contributed by atoms with Crippen LogP contribution in [0.15, 0.2) is 18.2 Å². The number of aliphatic hydroxyl groups is 1. The second-order valence-electron chi connectivity index (χ2n) is 5.20. The van der Waals surface area contributed by atoms with Crippen molar-refractivity contribution in [3.63, 3.8) is 0 Å². The lowest BCUT2D eigenvalue weighted by Gasteiger charge is -2.17. The number of hydrogen-bond donors (Lipinski definition) is 2. The molecule has 1 heterocycles. The first kappa shape index (κ1) is 15.9. The van der Waals surface area contributed by atoms with Gasteiger partial charge in [-0.15, -0.1) is 11.3 Å². The molecule has 2 rings (SSSR count). The van der Waals surface area contributed by atoms with Gasteiger partial charge in [0.2, 0.25) is 0 Å². The predicted molar refractivity (Wildman–Crippen MR) is 81.4 cm³/mol. The molecule has 6 heteroatoms. The van der Waals surface area contributed by atoms with Gasteiger partial charge in [0.15, 0.2) is 0 Å². The molecule has 0 aliphatic heterocycles. The lowest BCUT2D eigenvalue weighted by atomic mass is 10.1. The van der Waals surface area contributed by atoms with Crippen LogP contribution >= 0.6 is 11.3 Å². The van der Waals surface area contributed by atoms with Gasteiger partial charge in [-0.05, 0) is 32.5 Å². The first-order chi connectivity index (χ1) is 9.90. The molecule has 21 heavy (non-hydrogen) atoms. The molecule has 1 aromatic heterocycles. The quantitative estimate of drug-likeness (QED) is 0.861. The van der Waals surface area contributed by atoms with Crippen LogP contribution in [0, 0.1) is 5.82 Å². The van der Waals surface area contributed by atoms with Gasteiger partial charge >= 0.3 is 5.97 Å². The number of rotatable bonds is 6. The van der Waals surface area contributed by atoms with Crippen molar-refractivity contribution in [1.29, 1.82) is 0 Å². The molecule has 2 aromatic rings. The highest BCUT2D eigenvalue weighted by Gasteiger charge is 2.21. The van der Waals surface area contributed by atoms with Crippen LogP contribution in [0.2, 0.25) is 0 Å². The zero-order chi connectivity index (χ0) is 15.6. The normalized spacial score (nSPS) is 13.0. The van der Waals surface area contributed by atoms with E-state index in [-0.39, 0.29) is 4.88 Å². The molecule has 2 N–H and O–H groups in total. The predicted octanol–water partition coefficient (Wildman–Crippen LogP) is 2.94. The number of carboxylic acids is 1. The summed E-state index contributed by atoms with van der Waals surface area (Å²) in [5, 5.41) is 19.0. The Kier molecular flexibility index (Phi) is 4.92. The van der Waals surface area contributed by atoms with Crippen LogP contribution in [0.3, 0.4) is 0 Å². The van der Waals surface area contributed by atoms with Crippen molar-refractivity contribution in [1.82, 2.24) is 4.90 Å². The number of hydrogen-bond acceptors (Lipinski definition) is 4. The van der Waals surface area contributed by atoms with E-state index < -0.39 is 17.9 Å². The molecule has 0 amide bonds. The Hall–Kier alpha value is -1.50. The van der Waals surface area contributed by atoms with Crippen LogP contribution in [-0.4, -0.2) is 40.8 Å². The summed E-state index contributed by atoms with van der Waals surface area (Å²) >= 11 is 1.10. The Morgan fingerprint density at radius 3 is 2.81 bits per heavy atom. The maximum absolute atomic E-state index is 14.0. The number of aliphatic hydroxyl groups excluding tert-OH is 1. The van der Waals surface area contributed by atoms with Gasteiger partial charge in [-0.25, -0.2) is 9.18 Å². The Bertz CT molecular complexity index is 654. The number of benzene rings is 1. The number of carboxylic acid groups (broad SMARTS) is 1. The second-order valence-corrected chi connectivity index (χ2v) is 6.26. The Labute approximate surface area is 126 Å². The smallest absolute Gasteiger partial charge is 0.346 e. The largest absolute Gasteiger partial charge is 0.477 e. The third-order valence-corrected chi connectivity index (χ3v) is 4.50. The molecule has 1 aromatic carbocycles. The summed E-state index contributed by atoms with van der Waals surface area (Å²) in [4.78, 5) is 13.5. The minimum absolute atomic E-state index is 0.180. The average molecular weight is 311 g/mol. The highest BCUT2D eigenvalue weighted by molar-refractivity contribution is 7.21. The van der Waals surface area contributed by atoms with Crippen molar-refractivity contribution < 1.29 is 19.4 Å². The lowest BCUT2D eigenvalue weighted by Crippen LogP contribution is -2.22. The molecule has 0 spiro atoms. The molecule has 4 nitrogen and oxygen atoms in total. The maximum atomic E-state index is 14.0. The van der Waals surface area contributed by atoms with E-state index in [1.165, 1.54) is 6.07 Å². The zero-order valence-corrected chi connectivity index (χ0v) is 12.8. The van der Waals surface area contributed by atoms with Gasteiger partial charge < -0.3 is 15.1 Å². The molecule has 0 fully saturated rings. The molecular weight excluding hydrogens is 293 g/mol. The number of carbonyl (C=O) groups is 1. The lowest BCUT2D eigenvalue weighted by molar-refractivity contribution is 0.0700. The maximum Gasteiger partial charge on any atom is 0.346 e. The highest BCUT2D eigenvalue weighted by atomic mass is 32.1. The van der Waals surface area contributed by atoms with Gasteiger partial charge in [-0.2, -0.15) is 0 Å². The summed E-state index contributed by atoms with van der Waals surface area (Å²) < 4.78 is 14.7. The van der Waals surface area contributed by atoms with E-state index >= 15 is 0 Å². The van der Waals surface area contributed by atoms with Crippen molar-refractivity contribution in [3.05, 3.63) is 34.5 Å². The van der Waals surface area contributed by atoms with E-state index in [0.717, 1.165) is 11.3 Å². The average Bonchev–Trinajstić information content (AvgIpc) is 2.77. The van der Waals surface area contributed by atoms with Gasteiger partial charge in [0, 0.05) is 28.7 Å². The van der Waals surface area contributed by atoms with Gasteiger partial charge in [0.1, 0.15) is 10.7 Å². The van der Waals surface area contributed by atoms with Gasteiger partial charge in [-0.3, -0.25) is 0 Å². The van der Waals surface area contributed by atoms with E-state index in [1.807, 2.05) is 11.9 Å². The minimum atomic E-state index is -1.03. The first-order valence-electron chi connectivity index (χ1n) is 6.70. The van der Waals surface area contributed by atoms with Crippen LogP contribution in [0.25, 0.3) is 10.1 Å². The van der Waals surface area contributed by atoms with Crippen LogP contribution in [-0.2, 0) is 6.54 Å². The van der Waals surface area contributed by atoms with E-state index in [0.29, 0.717) is 35.2 Å². The zero-order valence-electron chi connectivity index (χ0n) is 12.0. The van der Waals surface area contributed by atoms with Crippen LogP contribution in [0.4, 0.5) is 4.39 Å². The third kappa shape index (κ3) is 3.58.